The molecule has 0 aromatic heterocycles. The van der Waals surface area contributed by atoms with Crippen LogP contribution in [-0.4, -0.2) is 36.2 Å². The second-order valence-corrected chi connectivity index (χ2v) is 4.63. The fraction of sp³-hybridized carbons (Fsp3) is 0.385. The van der Waals surface area contributed by atoms with E-state index in [0.717, 1.165) is 11.3 Å². The maximum atomic E-state index is 11.1. The Balaban J connectivity index is 2.13. The molecule has 1 aliphatic rings. The van der Waals surface area contributed by atoms with Crippen molar-refractivity contribution in [2.24, 2.45) is 11.7 Å². The number of anilines is 1. The Bertz CT molecular complexity index is 515. The quantitative estimate of drug-likeness (QED) is 0.739. The van der Waals surface area contributed by atoms with Crippen molar-refractivity contribution >= 4 is 17.6 Å². The Labute approximate surface area is 110 Å². The molecule has 2 rings (SSSR count). The number of nitrogens with one attached hydrogen (secondary N) is 1. The van der Waals surface area contributed by atoms with E-state index in [2.05, 4.69) is 5.32 Å². The highest BCUT2D eigenvalue weighted by Crippen LogP contribution is 2.21. The lowest BCUT2D eigenvalue weighted by Gasteiger charge is -2.17. The van der Waals surface area contributed by atoms with Crippen LogP contribution in [0.15, 0.2) is 18.2 Å². The van der Waals surface area contributed by atoms with Crippen molar-refractivity contribution in [3.05, 3.63) is 29.3 Å². The van der Waals surface area contributed by atoms with Crippen molar-refractivity contribution < 1.29 is 19.4 Å². The van der Waals surface area contributed by atoms with Crippen LogP contribution in [0.25, 0.3) is 0 Å². The Morgan fingerprint density at radius 1 is 1.42 bits per heavy atom. The maximum absolute atomic E-state index is 11.1. The first-order valence-corrected chi connectivity index (χ1v) is 5.96. The van der Waals surface area contributed by atoms with Gasteiger partial charge < -0.3 is 20.9 Å². The van der Waals surface area contributed by atoms with E-state index in [1.165, 1.54) is 0 Å². The second kappa shape index (κ2) is 5.27. The van der Waals surface area contributed by atoms with Crippen LogP contribution in [0.2, 0.25) is 0 Å². The number of carboxylic acid groups (broad SMARTS) is 1. The molecule has 1 heterocycles. The standard InChI is InChI=1S/C13H16N2O4/c1-7-4-8(2-3-9(7)12(14)16)15-11-6-19-5-10(11)13(17)18/h2-4,10-11,15H,5-6H2,1H3,(H2,14,16)(H,17,18). The average molecular weight is 264 g/mol. The predicted octanol–water partition coefficient (Wildman–Crippen LogP) is 0.605. The first-order valence-electron chi connectivity index (χ1n) is 5.96. The molecule has 1 aromatic carbocycles. The molecule has 6 nitrogen and oxygen atoms in total. The third kappa shape index (κ3) is 2.85. The number of aliphatic carboxylic acids is 1. The molecule has 1 saturated heterocycles. The van der Waals surface area contributed by atoms with E-state index in [1.54, 1.807) is 25.1 Å². The smallest absolute Gasteiger partial charge is 0.311 e. The van der Waals surface area contributed by atoms with Gasteiger partial charge in [0.05, 0.1) is 19.3 Å². The highest BCUT2D eigenvalue weighted by Gasteiger charge is 2.33. The van der Waals surface area contributed by atoms with E-state index < -0.39 is 17.8 Å². The molecule has 1 aliphatic heterocycles. The Hall–Kier alpha value is -2.08. The molecule has 1 fully saturated rings. The number of amides is 1. The highest BCUT2D eigenvalue weighted by molar-refractivity contribution is 5.94. The van der Waals surface area contributed by atoms with Crippen LogP contribution < -0.4 is 11.1 Å². The topological polar surface area (TPSA) is 102 Å². The fourth-order valence-electron chi connectivity index (χ4n) is 2.18. The minimum Gasteiger partial charge on any atom is -0.481 e. The van der Waals surface area contributed by atoms with Crippen molar-refractivity contribution in [2.75, 3.05) is 18.5 Å². The van der Waals surface area contributed by atoms with Crippen molar-refractivity contribution in [3.63, 3.8) is 0 Å². The van der Waals surface area contributed by atoms with Crippen LogP contribution in [0, 0.1) is 12.8 Å². The molecule has 0 bridgehead atoms. The van der Waals surface area contributed by atoms with Crippen LogP contribution >= 0.6 is 0 Å². The normalized spacial score (nSPS) is 22.2. The molecule has 4 N–H and O–H groups in total. The number of hydrogen-bond donors (Lipinski definition) is 3. The van der Waals surface area contributed by atoms with E-state index >= 15 is 0 Å². The summed E-state index contributed by atoms with van der Waals surface area (Å²) in [6.07, 6.45) is 0. The Morgan fingerprint density at radius 3 is 2.74 bits per heavy atom. The number of aryl methyl sites for hydroxylation is 1. The lowest BCUT2D eigenvalue weighted by molar-refractivity contribution is -0.141. The summed E-state index contributed by atoms with van der Waals surface area (Å²) >= 11 is 0. The molecule has 0 spiro atoms. The molecule has 2 atom stereocenters. The molecular formula is C13H16N2O4. The number of carbonyl (C=O) groups is 2. The van der Waals surface area contributed by atoms with Gasteiger partial charge in [0.15, 0.2) is 0 Å². The summed E-state index contributed by atoms with van der Waals surface area (Å²) in [6.45, 7) is 2.35. The molecule has 2 unspecified atom stereocenters. The van der Waals surface area contributed by atoms with Gasteiger partial charge in [-0.2, -0.15) is 0 Å². The van der Waals surface area contributed by atoms with Crippen LogP contribution in [0.4, 0.5) is 5.69 Å². The number of ether oxygens (including phenoxy) is 1. The molecule has 0 aliphatic carbocycles. The van der Waals surface area contributed by atoms with Gasteiger partial charge in [0.1, 0.15) is 5.92 Å². The van der Waals surface area contributed by atoms with Crippen LogP contribution in [0.3, 0.4) is 0 Å². The molecule has 1 amide bonds. The second-order valence-electron chi connectivity index (χ2n) is 4.63. The molecule has 6 heteroatoms. The van der Waals surface area contributed by atoms with Gasteiger partial charge in [-0.25, -0.2) is 0 Å². The minimum atomic E-state index is -0.875. The minimum absolute atomic E-state index is 0.214. The largest absolute Gasteiger partial charge is 0.481 e. The monoisotopic (exact) mass is 264 g/mol. The summed E-state index contributed by atoms with van der Waals surface area (Å²) in [5.74, 6) is -1.91. The third-order valence-corrected chi connectivity index (χ3v) is 3.24. The third-order valence-electron chi connectivity index (χ3n) is 3.24. The van der Waals surface area contributed by atoms with Gasteiger partial charge in [0.25, 0.3) is 0 Å². The zero-order valence-corrected chi connectivity index (χ0v) is 10.6. The van der Waals surface area contributed by atoms with Crippen LogP contribution in [0.1, 0.15) is 15.9 Å². The van der Waals surface area contributed by atoms with Crippen molar-refractivity contribution in [1.29, 1.82) is 0 Å². The lowest BCUT2D eigenvalue weighted by Crippen LogP contribution is -2.33. The number of nitrogens with two attached hydrogens (primary N) is 1. The zero-order chi connectivity index (χ0) is 14.0. The van der Waals surface area contributed by atoms with E-state index in [4.69, 9.17) is 15.6 Å². The van der Waals surface area contributed by atoms with Gasteiger partial charge in [0, 0.05) is 11.3 Å². The first-order chi connectivity index (χ1) is 8.99. The van der Waals surface area contributed by atoms with Crippen LogP contribution in [-0.2, 0) is 9.53 Å². The summed E-state index contributed by atoms with van der Waals surface area (Å²) in [5.41, 5.74) is 7.20. The Morgan fingerprint density at radius 2 is 2.16 bits per heavy atom. The van der Waals surface area contributed by atoms with Gasteiger partial charge in [-0.1, -0.05) is 0 Å². The number of rotatable bonds is 4. The molecule has 1 aromatic rings. The molecule has 0 radical (unpaired) electrons. The molecule has 0 saturated carbocycles. The summed E-state index contributed by atoms with van der Waals surface area (Å²) in [5, 5.41) is 12.2. The van der Waals surface area contributed by atoms with Gasteiger partial charge >= 0.3 is 5.97 Å². The average Bonchev–Trinajstić information content (AvgIpc) is 2.76. The summed E-state index contributed by atoms with van der Waals surface area (Å²) in [7, 11) is 0. The van der Waals surface area contributed by atoms with Crippen molar-refractivity contribution in [2.45, 2.75) is 13.0 Å². The van der Waals surface area contributed by atoms with Gasteiger partial charge in [0.2, 0.25) is 5.91 Å². The number of carbonyl (C=O) groups excluding carboxylic acids is 1. The number of benzene rings is 1. The Kier molecular flexibility index (Phi) is 3.71. The van der Waals surface area contributed by atoms with Crippen molar-refractivity contribution in [1.82, 2.24) is 0 Å². The van der Waals surface area contributed by atoms with Gasteiger partial charge in [-0.05, 0) is 30.7 Å². The molecule has 19 heavy (non-hydrogen) atoms. The van der Waals surface area contributed by atoms with Gasteiger partial charge in [-0.3, -0.25) is 9.59 Å². The molecular weight excluding hydrogens is 248 g/mol. The number of primary amides is 1. The SMILES string of the molecule is Cc1cc(NC2COCC2C(=O)O)ccc1C(N)=O. The summed E-state index contributed by atoms with van der Waals surface area (Å²) < 4.78 is 5.18. The number of carboxylic acids is 1. The van der Waals surface area contributed by atoms with E-state index in [1.807, 2.05) is 0 Å². The number of hydrogen-bond acceptors (Lipinski definition) is 4. The molecule has 102 valence electrons. The van der Waals surface area contributed by atoms with E-state index in [0.29, 0.717) is 12.2 Å². The van der Waals surface area contributed by atoms with Gasteiger partial charge in [-0.15, -0.1) is 0 Å². The predicted molar refractivity (Wildman–Crippen MR) is 69.1 cm³/mol. The zero-order valence-electron chi connectivity index (χ0n) is 10.6. The summed E-state index contributed by atoms with van der Waals surface area (Å²) in [6, 6.07) is 4.85. The summed E-state index contributed by atoms with van der Waals surface area (Å²) in [4.78, 5) is 22.2. The fourth-order valence-corrected chi connectivity index (χ4v) is 2.18. The van der Waals surface area contributed by atoms with E-state index in [9.17, 15) is 9.59 Å². The first kappa shape index (κ1) is 13.4. The van der Waals surface area contributed by atoms with Crippen LogP contribution in [0.5, 0.6) is 0 Å². The van der Waals surface area contributed by atoms with E-state index in [-0.39, 0.29) is 12.6 Å². The lowest BCUT2D eigenvalue weighted by atomic mass is 10.0. The van der Waals surface area contributed by atoms with Crippen molar-refractivity contribution in [3.8, 4) is 0 Å². The highest BCUT2D eigenvalue weighted by atomic mass is 16.5. The maximum Gasteiger partial charge on any atom is 0.311 e.